The van der Waals surface area contributed by atoms with Crippen LogP contribution < -0.4 is 5.73 Å². The molecule has 1 aromatic rings. The Hall–Kier alpha value is -1.22. The Morgan fingerprint density at radius 2 is 1.77 bits per heavy atom. The fourth-order valence-corrected chi connectivity index (χ4v) is 1.31. The van der Waals surface area contributed by atoms with Gasteiger partial charge in [0.05, 0.1) is 0 Å². The molecular weight excluding hydrogens is 166 g/mol. The fourth-order valence-electron chi connectivity index (χ4n) is 1.31. The van der Waals surface area contributed by atoms with Crippen molar-refractivity contribution >= 4 is 0 Å². The molecule has 0 fully saturated rings. The zero-order chi connectivity index (χ0) is 9.84. The number of nitrogens with two attached hydrogens (primary N) is 1. The van der Waals surface area contributed by atoms with Gasteiger partial charge in [-0.15, -0.1) is 0 Å². The Kier molecular flexibility index (Phi) is 3.14. The van der Waals surface area contributed by atoms with E-state index in [0.717, 1.165) is 18.4 Å². The van der Waals surface area contributed by atoms with Gasteiger partial charge in [-0.2, -0.15) is 0 Å². The van der Waals surface area contributed by atoms with Crippen LogP contribution in [-0.2, 0) is 0 Å². The monoisotopic (exact) mass is 181 g/mol. The predicted octanol–water partition coefficient (Wildman–Crippen LogP) is 1.90. The van der Waals surface area contributed by atoms with Crippen molar-refractivity contribution in [2.45, 2.75) is 25.8 Å². The van der Waals surface area contributed by atoms with Crippen molar-refractivity contribution in [1.29, 1.82) is 0 Å². The first-order chi connectivity index (χ1) is 6.13. The molecule has 1 unspecified atom stereocenters. The van der Waals surface area contributed by atoms with Crippen LogP contribution in [0.1, 0.15) is 31.4 Å². The smallest absolute Gasteiger partial charge is 0.119 e. The van der Waals surface area contributed by atoms with Gasteiger partial charge in [-0.05, 0) is 24.1 Å². The van der Waals surface area contributed by atoms with Gasteiger partial charge in [0.25, 0.3) is 0 Å². The lowest BCUT2D eigenvalue weighted by atomic mass is 10.0. The van der Waals surface area contributed by atoms with E-state index in [1.165, 1.54) is 6.07 Å². The molecule has 0 bridgehead atoms. The third kappa shape index (κ3) is 2.63. The minimum absolute atomic E-state index is 0.0570. The summed E-state index contributed by atoms with van der Waals surface area (Å²) < 4.78 is 0. The van der Waals surface area contributed by atoms with Crippen LogP contribution in [-0.4, -0.2) is 10.2 Å². The number of hydrogen-bond acceptors (Lipinski definition) is 3. The summed E-state index contributed by atoms with van der Waals surface area (Å²) in [5.74, 6) is 0.114. The van der Waals surface area contributed by atoms with Crippen molar-refractivity contribution in [3.8, 4) is 11.5 Å². The molecule has 0 aliphatic rings. The van der Waals surface area contributed by atoms with Gasteiger partial charge in [0.2, 0.25) is 0 Å². The zero-order valence-electron chi connectivity index (χ0n) is 7.70. The Morgan fingerprint density at radius 3 is 2.23 bits per heavy atom. The average Bonchev–Trinajstić information content (AvgIpc) is 2.03. The molecule has 0 aliphatic heterocycles. The lowest BCUT2D eigenvalue weighted by Crippen LogP contribution is -2.09. The van der Waals surface area contributed by atoms with E-state index in [-0.39, 0.29) is 17.5 Å². The third-order valence-corrected chi connectivity index (χ3v) is 1.95. The summed E-state index contributed by atoms with van der Waals surface area (Å²) in [5, 5.41) is 18.4. The second kappa shape index (κ2) is 4.14. The summed E-state index contributed by atoms with van der Waals surface area (Å²) in [6.45, 7) is 2.04. The normalized spacial score (nSPS) is 12.8. The van der Waals surface area contributed by atoms with E-state index in [1.54, 1.807) is 12.1 Å². The minimum Gasteiger partial charge on any atom is -0.508 e. The summed E-state index contributed by atoms with van der Waals surface area (Å²) in [6.07, 6.45) is 1.83. The van der Waals surface area contributed by atoms with Gasteiger partial charge in [-0.1, -0.05) is 13.3 Å². The topological polar surface area (TPSA) is 66.5 Å². The molecule has 0 amide bonds. The van der Waals surface area contributed by atoms with Crippen molar-refractivity contribution in [2.75, 3.05) is 0 Å². The molecule has 0 saturated heterocycles. The first-order valence-corrected chi connectivity index (χ1v) is 4.42. The molecule has 0 spiro atoms. The van der Waals surface area contributed by atoms with Crippen LogP contribution in [0, 0.1) is 0 Å². The summed E-state index contributed by atoms with van der Waals surface area (Å²) in [5.41, 5.74) is 6.60. The maximum atomic E-state index is 9.20. The molecule has 3 nitrogen and oxygen atoms in total. The van der Waals surface area contributed by atoms with Crippen molar-refractivity contribution in [3.05, 3.63) is 23.8 Å². The van der Waals surface area contributed by atoms with Crippen LogP contribution >= 0.6 is 0 Å². The first-order valence-electron chi connectivity index (χ1n) is 4.42. The molecule has 72 valence electrons. The Morgan fingerprint density at radius 1 is 1.23 bits per heavy atom. The van der Waals surface area contributed by atoms with Crippen LogP contribution in [0.5, 0.6) is 11.5 Å². The van der Waals surface area contributed by atoms with E-state index in [1.807, 2.05) is 6.92 Å². The number of phenols is 2. The van der Waals surface area contributed by atoms with Crippen molar-refractivity contribution < 1.29 is 10.2 Å². The number of benzene rings is 1. The van der Waals surface area contributed by atoms with Gasteiger partial charge >= 0.3 is 0 Å². The molecule has 0 aromatic heterocycles. The molecule has 1 atom stereocenters. The summed E-state index contributed by atoms with van der Waals surface area (Å²) >= 11 is 0. The molecule has 13 heavy (non-hydrogen) atoms. The highest BCUT2D eigenvalue weighted by atomic mass is 16.3. The van der Waals surface area contributed by atoms with Gasteiger partial charge < -0.3 is 15.9 Å². The van der Waals surface area contributed by atoms with Crippen molar-refractivity contribution in [1.82, 2.24) is 0 Å². The maximum Gasteiger partial charge on any atom is 0.119 e. The van der Waals surface area contributed by atoms with Gasteiger partial charge in [0.15, 0.2) is 0 Å². The van der Waals surface area contributed by atoms with E-state index < -0.39 is 0 Å². The molecule has 0 radical (unpaired) electrons. The molecule has 0 saturated carbocycles. The van der Waals surface area contributed by atoms with Gasteiger partial charge in [0.1, 0.15) is 11.5 Å². The second-order valence-electron chi connectivity index (χ2n) is 3.18. The minimum atomic E-state index is -0.108. The zero-order valence-corrected chi connectivity index (χ0v) is 7.70. The summed E-state index contributed by atoms with van der Waals surface area (Å²) in [6, 6.07) is 4.35. The average molecular weight is 181 g/mol. The van der Waals surface area contributed by atoms with Crippen LogP contribution in [0.15, 0.2) is 18.2 Å². The second-order valence-corrected chi connectivity index (χ2v) is 3.18. The number of rotatable bonds is 3. The van der Waals surface area contributed by atoms with E-state index in [9.17, 15) is 10.2 Å². The van der Waals surface area contributed by atoms with Crippen LogP contribution in [0.25, 0.3) is 0 Å². The standard InChI is InChI=1S/C10H15NO2/c1-2-3-10(11)7-4-8(12)6-9(13)5-7/h4-6,10,12-13H,2-3,11H2,1H3. The third-order valence-electron chi connectivity index (χ3n) is 1.95. The van der Waals surface area contributed by atoms with Gasteiger partial charge in [-0.25, -0.2) is 0 Å². The van der Waals surface area contributed by atoms with Crippen LogP contribution in [0.4, 0.5) is 0 Å². The van der Waals surface area contributed by atoms with E-state index >= 15 is 0 Å². The Balaban J connectivity index is 2.87. The van der Waals surface area contributed by atoms with E-state index in [4.69, 9.17) is 5.73 Å². The van der Waals surface area contributed by atoms with E-state index in [0.29, 0.717) is 0 Å². The number of aromatic hydroxyl groups is 2. The summed E-state index contributed by atoms with van der Waals surface area (Å²) in [7, 11) is 0. The SMILES string of the molecule is CCCC(N)c1cc(O)cc(O)c1. The predicted molar refractivity (Wildman–Crippen MR) is 51.6 cm³/mol. The molecule has 0 aliphatic carbocycles. The van der Waals surface area contributed by atoms with Crippen molar-refractivity contribution in [3.63, 3.8) is 0 Å². The summed E-state index contributed by atoms with van der Waals surface area (Å²) in [4.78, 5) is 0. The van der Waals surface area contributed by atoms with E-state index in [2.05, 4.69) is 0 Å². The fraction of sp³-hybridized carbons (Fsp3) is 0.400. The number of phenolic OH excluding ortho intramolecular Hbond substituents is 2. The van der Waals surface area contributed by atoms with Gasteiger partial charge in [0, 0.05) is 12.1 Å². The molecular formula is C10H15NO2. The number of hydrogen-bond donors (Lipinski definition) is 3. The highest BCUT2D eigenvalue weighted by Gasteiger charge is 2.06. The Bertz CT molecular complexity index is 266. The van der Waals surface area contributed by atoms with Crippen molar-refractivity contribution in [2.24, 2.45) is 5.73 Å². The quantitative estimate of drug-likeness (QED) is 0.667. The molecule has 4 N–H and O–H groups in total. The molecule has 3 heteroatoms. The largest absolute Gasteiger partial charge is 0.508 e. The Labute approximate surface area is 77.8 Å². The van der Waals surface area contributed by atoms with Crippen LogP contribution in [0.3, 0.4) is 0 Å². The highest BCUT2D eigenvalue weighted by molar-refractivity contribution is 5.37. The lowest BCUT2D eigenvalue weighted by Gasteiger charge is -2.11. The first kappa shape index (κ1) is 9.86. The van der Waals surface area contributed by atoms with Crippen LogP contribution in [0.2, 0.25) is 0 Å². The molecule has 0 heterocycles. The molecule has 1 rings (SSSR count). The maximum absolute atomic E-state index is 9.20. The highest BCUT2D eigenvalue weighted by Crippen LogP contribution is 2.25. The molecule has 1 aromatic carbocycles. The lowest BCUT2D eigenvalue weighted by molar-refractivity contribution is 0.447. The van der Waals surface area contributed by atoms with Gasteiger partial charge in [-0.3, -0.25) is 0 Å².